The Balaban J connectivity index is 1.94. The van der Waals surface area contributed by atoms with Crippen LogP contribution in [0.1, 0.15) is 22.3 Å². The number of carbonyl (C=O) groups is 1. The summed E-state index contributed by atoms with van der Waals surface area (Å²) in [5.41, 5.74) is 4.22. The van der Waals surface area contributed by atoms with E-state index in [1.54, 1.807) is 18.2 Å². The fourth-order valence-corrected chi connectivity index (χ4v) is 5.17. The molecule has 0 aliphatic heterocycles. The van der Waals surface area contributed by atoms with Gasteiger partial charge in [-0.05, 0) is 67.3 Å². The van der Waals surface area contributed by atoms with Gasteiger partial charge in [0.1, 0.15) is 10.6 Å². The number of anilines is 1. The van der Waals surface area contributed by atoms with E-state index < -0.39 is 15.9 Å². The number of aryl methyl sites for hydroxylation is 3. The highest BCUT2D eigenvalue weighted by Gasteiger charge is 2.30. The number of carbonyl (C=O) groups excluding carboxylic acids is 1. The minimum Gasteiger partial charge on any atom is -0.495 e. The Bertz CT molecular complexity index is 1190. The maximum absolute atomic E-state index is 13.6. The summed E-state index contributed by atoms with van der Waals surface area (Å²) in [6.45, 7) is 5.42. The van der Waals surface area contributed by atoms with E-state index in [9.17, 15) is 13.2 Å². The van der Waals surface area contributed by atoms with Gasteiger partial charge in [0.15, 0.2) is 0 Å². The van der Waals surface area contributed by atoms with Crippen LogP contribution in [0.5, 0.6) is 5.75 Å². The Morgan fingerprint density at radius 3 is 2.19 bits per heavy atom. The van der Waals surface area contributed by atoms with Crippen molar-refractivity contribution >= 4 is 21.6 Å². The lowest BCUT2D eigenvalue weighted by Gasteiger charge is -2.23. The maximum atomic E-state index is 13.6. The highest BCUT2D eigenvalue weighted by Crippen LogP contribution is 2.29. The van der Waals surface area contributed by atoms with Crippen LogP contribution in [0.3, 0.4) is 0 Å². The normalized spacial score (nSPS) is 11.4. The second-order valence-electron chi connectivity index (χ2n) is 7.84. The number of nitrogens with zero attached hydrogens (tertiary/aromatic N) is 1. The number of hydrogen-bond acceptors (Lipinski definition) is 4. The van der Waals surface area contributed by atoms with Crippen molar-refractivity contribution < 1.29 is 17.9 Å². The summed E-state index contributed by atoms with van der Waals surface area (Å²) in [4.78, 5) is 12.9. The summed E-state index contributed by atoms with van der Waals surface area (Å²) >= 11 is 0. The molecule has 0 radical (unpaired) electrons. The van der Waals surface area contributed by atoms with E-state index in [1.807, 2.05) is 69.3 Å². The van der Waals surface area contributed by atoms with Crippen molar-refractivity contribution in [2.45, 2.75) is 32.2 Å². The molecule has 0 aliphatic carbocycles. The van der Waals surface area contributed by atoms with Crippen molar-refractivity contribution in [3.8, 4) is 5.75 Å². The van der Waals surface area contributed by atoms with Crippen LogP contribution in [0.15, 0.2) is 71.6 Å². The first-order valence-electron chi connectivity index (χ1n) is 10.3. The van der Waals surface area contributed by atoms with Crippen LogP contribution in [-0.2, 0) is 21.4 Å². The maximum Gasteiger partial charge on any atom is 0.247 e. The molecule has 0 aliphatic rings. The van der Waals surface area contributed by atoms with Gasteiger partial charge in [0.05, 0.1) is 13.7 Å². The van der Waals surface area contributed by atoms with E-state index in [0.717, 1.165) is 22.3 Å². The highest BCUT2D eigenvalue weighted by atomic mass is 32.2. The molecular weight excluding hydrogens is 424 g/mol. The molecule has 3 aromatic rings. The molecule has 1 N–H and O–H groups in total. The molecule has 0 aromatic heterocycles. The lowest BCUT2D eigenvalue weighted by molar-refractivity contribution is -0.116. The molecule has 6 nitrogen and oxygen atoms in total. The Morgan fingerprint density at radius 2 is 1.56 bits per heavy atom. The summed E-state index contributed by atoms with van der Waals surface area (Å²) < 4.78 is 33.7. The Hall–Kier alpha value is -3.16. The van der Waals surface area contributed by atoms with E-state index in [2.05, 4.69) is 5.32 Å². The van der Waals surface area contributed by atoms with Gasteiger partial charge in [-0.3, -0.25) is 4.79 Å². The number of rotatable bonds is 8. The van der Waals surface area contributed by atoms with Crippen molar-refractivity contribution in [1.29, 1.82) is 0 Å². The van der Waals surface area contributed by atoms with Gasteiger partial charge in [-0.1, -0.05) is 42.5 Å². The molecular formula is C25H28N2O4S. The third-order valence-corrected chi connectivity index (χ3v) is 6.78. The Labute approximate surface area is 189 Å². The van der Waals surface area contributed by atoms with Gasteiger partial charge in [-0.25, -0.2) is 8.42 Å². The van der Waals surface area contributed by atoms with Crippen molar-refractivity contribution in [2.75, 3.05) is 19.0 Å². The van der Waals surface area contributed by atoms with Crippen molar-refractivity contribution in [1.82, 2.24) is 4.31 Å². The van der Waals surface area contributed by atoms with Gasteiger partial charge < -0.3 is 10.1 Å². The molecule has 3 rings (SSSR count). The third kappa shape index (κ3) is 5.75. The average Bonchev–Trinajstić information content (AvgIpc) is 2.73. The second-order valence-corrected chi connectivity index (χ2v) is 9.74. The van der Waals surface area contributed by atoms with Crippen LogP contribution in [0.2, 0.25) is 0 Å². The van der Waals surface area contributed by atoms with Crippen molar-refractivity contribution in [3.05, 3.63) is 89.0 Å². The van der Waals surface area contributed by atoms with E-state index >= 15 is 0 Å². The summed E-state index contributed by atoms with van der Waals surface area (Å²) in [7, 11) is -2.59. The van der Waals surface area contributed by atoms with Crippen molar-refractivity contribution in [3.63, 3.8) is 0 Å². The number of ether oxygens (including phenoxy) is 1. The quantitative estimate of drug-likeness (QED) is 0.548. The van der Waals surface area contributed by atoms with Gasteiger partial charge in [0.2, 0.25) is 15.9 Å². The van der Waals surface area contributed by atoms with Crippen molar-refractivity contribution in [2.24, 2.45) is 0 Å². The molecule has 0 bridgehead atoms. The largest absolute Gasteiger partial charge is 0.495 e. The van der Waals surface area contributed by atoms with E-state index in [-0.39, 0.29) is 23.7 Å². The first-order chi connectivity index (χ1) is 15.2. The second kappa shape index (κ2) is 9.97. The Morgan fingerprint density at radius 1 is 0.906 bits per heavy atom. The third-order valence-electron chi connectivity index (χ3n) is 4.96. The zero-order valence-corrected chi connectivity index (χ0v) is 19.6. The first kappa shape index (κ1) is 23.5. The zero-order chi connectivity index (χ0) is 23.3. The predicted molar refractivity (Wildman–Crippen MR) is 126 cm³/mol. The summed E-state index contributed by atoms with van der Waals surface area (Å²) in [5.74, 6) is -0.176. The molecule has 0 heterocycles. The topological polar surface area (TPSA) is 75.7 Å². The molecule has 7 heteroatoms. The van der Waals surface area contributed by atoms with E-state index in [1.165, 1.54) is 11.4 Å². The summed E-state index contributed by atoms with van der Waals surface area (Å²) in [6, 6.07) is 19.9. The lowest BCUT2D eigenvalue weighted by Crippen LogP contribution is -2.37. The van der Waals surface area contributed by atoms with Crippen LogP contribution < -0.4 is 10.1 Å². The number of methoxy groups -OCH3 is 1. The van der Waals surface area contributed by atoms with Gasteiger partial charge >= 0.3 is 0 Å². The zero-order valence-electron chi connectivity index (χ0n) is 18.8. The predicted octanol–water partition coefficient (Wildman–Crippen LogP) is 4.45. The summed E-state index contributed by atoms with van der Waals surface area (Å²) in [5, 5.41) is 2.83. The molecule has 0 saturated heterocycles. The minimum absolute atomic E-state index is 0.0372. The standard InChI is InChI=1S/C25H28N2O4S/c1-18-10-11-23(31-4)24(15-18)32(29,30)27(16-21-8-6-5-7-9-21)17-25(28)26-22-13-19(2)12-20(3)14-22/h5-15H,16-17H2,1-4H3,(H,26,28). The van der Waals surface area contributed by atoms with E-state index in [4.69, 9.17) is 4.74 Å². The van der Waals surface area contributed by atoms with Crippen LogP contribution in [-0.4, -0.2) is 32.3 Å². The van der Waals surface area contributed by atoms with Gasteiger partial charge in [-0.2, -0.15) is 4.31 Å². The number of benzene rings is 3. The molecule has 3 aromatic carbocycles. The lowest BCUT2D eigenvalue weighted by atomic mass is 10.1. The molecule has 0 saturated carbocycles. The molecule has 0 unspecified atom stereocenters. The number of amides is 1. The highest BCUT2D eigenvalue weighted by molar-refractivity contribution is 7.89. The fraction of sp³-hybridized carbons (Fsp3) is 0.240. The van der Waals surface area contributed by atoms with Crippen LogP contribution in [0.4, 0.5) is 5.69 Å². The average molecular weight is 453 g/mol. The first-order valence-corrected chi connectivity index (χ1v) is 11.7. The number of sulfonamides is 1. The molecule has 1 amide bonds. The monoisotopic (exact) mass is 452 g/mol. The molecule has 0 atom stereocenters. The smallest absolute Gasteiger partial charge is 0.247 e. The summed E-state index contributed by atoms with van der Waals surface area (Å²) in [6.07, 6.45) is 0. The fourth-order valence-electron chi connectivity index (χ4n) is 3.55. The van der Waals surface area contributed by atoms with E-state index in [0.29, 0.717) is 5.69 Å². The van der Waals surface area contributed by atoms with Crippen LogP contribution in [0.25, 0.3) is 0 Å². The molecule has 168 valence electrons. The van der Waals surface area contributed by atoms with Gasteiger partial charge in [0, 0.05) is 12.2 Å². The minimum atomic E-state index is -4.02. The van der Waals surface area contributed by atoms with Gasteiger partial charge in [0.25, 0.3) is 0 Å². The number of hydrogen-bond donors (Lipinski definition) is 1. The molecule has 0 fully saturated rings. The van der Waals surface area contributed by atoms with Crippen LogP contribution in [0, 0.1) is 20.8 Å². The Kier molecular flexibility index (Phi) is 7.33. The number of nitrogens with one attached hydrogen (secondary N) is 1. The molecule has 0 spiro atoms. The molecule has 32 heavy (non-hydrogen) atoms. The SMILES string of the molecule is COc1ccc(C)cc1S(=O)(=O)N(CC(=O)Nc1cc(C)cc(C)c1)Cc1ccccc1. The van der Waals surface area contributed by atoms with Gasteiger partial charge in [-0.15, -0.1) is 0 Å². The van der Waals surface area contributed by atoms with Crippen LogP contribution >= 0.6 is 0 Å².